The van der Waals surface area contributed by atoms with Gasteiger partial charge >= 0.3 is 0 Å². The van der Waals surface area contributed by atoms with Crippen LogP contribution in [0.1, 0.15) is 72.4 Å². The fourth-order valence-electron chi connectivity index (χ4n) is 4.76. The van der Waals surface area contributed by atoms with Gasteiger partial charge in [0.1, 0.15) is 11.5 Å². The van der Waals surface area contributed by atoms with Crippen LogP contribution in [0, 0.1) is 6.92 Å². The van der Waals surface area contributed by atoms with E-state index in [1.54, 1.807) is 12.4 Å². The first-order chi connectivity index (χ1) is 16.4. The Morgan fingerprint density at radius 2 is 1.26 bits per heavy atom. The van der Waals surface area contributed by atoms with Crippen LogP contribution < -0.4 is 0 Å². The molecule has 2 heterocycles. The van der Waals surface area contributed by atoms with Crippen molar-refractivity contribution in [2.45, 2.75) is 52.4 Å². The molecular weight excluding hydrogens is 420 g/mol. The molecule has 2 atom stereocenters. The van der Waals surface area contributed by atoms with Crippen LogP contribution in [0.3, 0.4) is 0 Å². The first-order valence-electron chi connectivity index (χ1n) is 11.9. The number of pyridine rings is 2. The highest BCUT2D eigenvalue weighted by Gasteiger charge is 2.21. The summed E-state index contributed by atoms with van der Waals surface area (Å²) in [6.45, 7) is 8.27. The fraction of sp³-hybridized carbons (Fsp3) is 0.267. The number of phenols is 2. The molecule has 2 unspecified atom stereocenters. The zero-order chi connectivity index (χ0) is 24.2. The Hall–Kier alpha value is -3.66. The van der Waals surface area contributed by atoms with E-state index in [4.69, 9.17) is 0 Å². The van der Waals surface area contributed by atoms with Crippen LogP contribution in [-0.4, -0.2) is 20.2 Å². The van der Waals surface area contributed by atoms with E-state index < -0.39 is 0 Å². The highest BCUT2D eigenvalue weighted by Crippen LogP contribution is 2.44. The Bertz CT molecular complexity index is 1270. The molecule has 0 radical (unpaired) electrons. The summed E-state index contributed by atoms with van der Waals surface area (Å²) in [5, 5.41) is 22.3. The molecule has 4 rings (SSSR count). The van der Waals surface area contributed by atoms with Crippen molar-refractivity contribution in [3.8, 4) is 22.6 Å². The van der Waals surface area contributed by atoms with Gasteiger partial charge in [-0.1, -0.05) is 32.9 Å². The van der Waals surface area contributed by atoms with Crippen molar-refractivity contribution >= 4 is 0 Å². The Morgan fingerprint density at radius 3 is 1.85 bits per heavy atom. The molecule has 0 fully saturated rings. The minimum absolute atomic E-state index is 0.122. The number of rotatable bonds is 7. The van der Waals surface area contributed by atoms with Crippen LogP contribution in [0.4, 0.5) is 0 Å². The van der Waals surface area contributed by atoms with E-state index in [9.17, 15) is 10.2 Å². The highest BCUT2D eigenvalue weighted by atomic mass is 16.3. The predicted molar refractivity (Wildman–Crippen MR) is 137 cm³/mol. The summed E-state index contributed by atoms with van der Waals surface area (Å²) < 4.78 is 0. The third-order valence-corrected chi connectivity index (χ3v) is 6.83. The third-order valence-electron chi connectivity index (χ3n) is 6.83. The Labute approximate surface area is 202 Å². The lowest BCUT2D eigenvalue weighted by Crippen LogP contribution is -2.03. The van der Waals surface area contributed by atoms with Crippen molar-refractivity contribution < 1.29 is 10.2 Å². The molecule has 4 aromatic rings. The monoisotopic (exact) mass is 452 g/mol. The maximum absolute atomic E-state index is 11.2. The maximum atomic E-state index is 11.2. The van der Waals surface area contributed by atoms with Crippen LogP contribution in [0.15, 0.2) is 73.3 Å². The van der Waals surface area contributed by atoms with E-state index in [1.807, 2.05) is 68.7 Å². The second-order valence-electron chi connectivity index (χ2n) is 8.91. The van der Waals surface area contributed by atoms with Gasteiger partial charge < -0.3 is 10.2 Å². The molecule has 0 spiro atoms. The minimum atomic E-state index is 0.122. The smallest absolute Gasteiger partial charge is 0.126 e. The van der Waals surface area contributed by atoms with Crippen molar-refractivity contribution in [3.05, 3.63) is 107 Å². The Kier molecular flexibility index (Phi) is 6.97. The Balaban J connectivity index is 1.88. The fourth-order valence-corrected chi connectivity index (χ4v) is 4.76. The summed E-state index contributed by atoms with van der Waals surface area (Å²) >= 11 is 0. The molecule has 0 aliphatic heterocycles. The number of aromatic hydroxyl groups is 2. The predicted octanol–water partition coefficient (Wildman–Crippen LogP) is 7.12. The molecule has 0 bridgehead atoms. The lowest BCUT2D eigenvalue weighted by molar-refractivity contribution is 0.463. The first-order valence-corrected chi connectivity index (χ1v) is 11.9. The van der Waals surface area contributed by atoms with Crippen LogP contribution in [0.5, 0.6) is 11.5 Å². The van der Waals surface area contributed by atoms with Crippen molar-refractivity contribution in [1.82, 2.24) is 9.97 Å². The summed E-state index contributed by atoms with van der Waals surface area (Å²) in [5.41, 5.74) is 7.56. The molecule has 2 aromatic heterocycles. The van der Waals surface area contributed by atoms with Gasteiger partial charge in [-0.05, 0) is 89.5 Å². The molecule has 2 aromatic carbocycles. The van der Waals surface area contributed by atoms with Crippen LogP contribution in [0.2, 0.25) is 0 Å². The van der Waals surface area contributed by atoms with Gasteiger partial charge in [0.15, 0.2) is 0 Å². The molecule has 0 aliphatic rings. The molecule has 4 heteroatoms. The normalized spacial score (nSPS) is 12.9. The average molecular weight is 453 g/mol. The van der Waals surface area contributed by atoms with Gasteiger partial charge in [0.2, 0.25) is 0 Å². The molecule has 0 amide bonds. The minimum Gasteiger partial charge on any atom is -0.507 e. The van der Waals surface area contributed by atoms with Gasteiger partial charge in [-0.25, -0.2) is 0 Å². The Morgan fingerprint density at radius 1 is 0.706 bits per heavy atom. The molecular formula is C30H32N2O2. The summed E-state index contributed by atoms with van der Waals surface area (Å²) in [4.78, 5) is 8.30. The van der Waals surface area contributed by atoms with Crippen LogP contribution in [0.25, 0.3) is 11.1 Å². The first kappa shape index (κ1) is 23.5. The number of nitrogens with zero attached hydrogens (tertiary/aromatic N) is 2. The van der Waals surface area contributed by atoms with E-state index >= 15 is 0 Å². The number of hydrogen-bond donors (Lipinski definition) is 2. The van der Waals surface area contributed by atoms with Crippen LogP contribution in [-0.2, 0) is 6.42 Å². The molecule has 34 heavy (non-hydrogen) atoms. The van der Waals surface area contributed by atoms with Gasteiger partial charge in [0, 0.05) is 47.8 Å². The molecule has 2 N–H and O–H groups in total. The topological polar surface area (TPSA) is 66.2 Å². The molecule has 0 saturated carbocycles. The number of phenolic OH excluding ortho intramolecular Hbond substituents is 2. The molecule has 174 valence electrons. The largest absolute Gasteiger partial charge is 0.507 e. The van der Waals surface area contributed by atoms with Crippen molar-refractivity contribution in [3.63, 3.8) is 0 Å². The van der Waals surface area contributed by atoms with Gasteiger partial charge in [-0.3, -0.25) is 9.97 Å². The second-order valence-corrected chi connectivity index (χ2v) is 8.91. The average Bonchev–Trinajstić information content (AvgIpc) is 2.87. The zero-order valence-corrected chi connectivity index (χ0v) is 20.3. The number of benzene rings is 2. The highest BCUT2D eigenvalue weighted by molar-refractivity contribution is 5.79. The summed E-state index contributed by atoms with van der Waals surface area (Å²) in [6, 6.07) is 16.3. The summed E-state index contributed by atoms with van der Waals surface area (Å²) in [5.74, 6) is 0.739. The second kappa shape index (κ2) is 10.1. The standard InChI is InChI=1S/C30H32N2O2/c1-5-21-16-25(26(6-2)23-9-13-32-14-10-23)18-28(30(21)34)27-17-24(15-19(3)29(27)33)20(4)22-7-11-31-12-8-22/h7-18,20,26,33-34H,5-6H2,1-4H3. The number of aryl methyl sites for hydroxylation is 2. The van der Waals surface area contributed by atoms with Gasteiger partial charge in [-0.15, -0.1) is 0 Å². The number of aromatic nitrogens is 2. The summed E-state index contributed by atoms with van der Waals surface area (Å²) in [7, 11) is 0. The van der Waals surface area contributed by atoms with E-state index in [2.05, 4.69) is 29.9 Å². The SMILES string of the molecule is CCc1cc(C(CC)c2ccncc2)cc(-c2cc(C(C)c3ccncc3)cc(C)c2O)c1O. The van der Waals surface area contributed by atoms with E-state index in [0.717, 1.165) is 34.2 Å². The van der Waals surface area contributed by atoms with Crippen LogP contribution >= 0.6 is 0 Å². The van der Waals surface area contributed by atoms with E-state index in [-0.39, 0.29) is 23.3 Å². The molecule has 0 aliphatic carbocycles. The van der Waals surface area contributed by atoms with Gasteiger partial charge in [0.25, 0.3) is 0 Å². The lowest BCUT2D eigenvalue weighted by atomic mass is 9.84. The van der Waals surface area contributed by atoms with Crippen molar-refractivity contribution in [1.29, 1.82) is 0 Å². The van der Waals surface area contributed by atoms with Crippen molar-refractivity contribution in [2.24, 2.45) is 0 Å². The lowest BCUT2D eigenvalue weighted by Gasteiger charge is -2.21. The zero-order valence-electron chi connectivity index (χ0n) is 20.3. The van der Waals surface area contributed by atoms with E-state index in [1.165, 1.54) is 5.56 Å². The third kappa shape index (κ3) is 4.54. The molecule has 4 nitrogen and oxygen atoms in total. The van der Waals surface area contributed by atoms with E-state index in [0.29, 0.717) is 17.5 Å². The summed E-state index contributed by atoms with van der Waals surface area (Å²) in [6.07, 6.45) is 8.85. The maximum Gasteiger partial charge on any atom is 0.126 e. The van der Waals surface area contributed by atoms with Crippen molar-refractivity contribution in [2.75, 3.05) is 0 Å². The molecule has 0 saturated heterocycles. The van der Waals surface area contributed by atoms with Gasteiger partial charge in [0.05, 0.1) is 0 Å². The van der Waals surface area contributed by atoms with Gasteiger partial charge in [-0.2, -0.15) is 0 Å². The quantitative estimate of drug-likeness (QED) is 0.313. The number of hydrogen-bond acceptors (Lipinski definition) is 4.